The molecule has 2 aliphatic rings. The van der Waals surface area contributed by atoms with Crippen LogP contribution in [0.5, 0.6) is 5.75 Å². The lowest BCUT2D eigenvalue weighted by Gasteiger charge is -2.40. The minimum atomic E-state index is -1.53. The molecule has 0 unspecified atom stereocenters. The van der Waals surface area contributed by atoms with Crippen LogP contribution in [-0.2, 0) is 9.53 Å². The molecular formula is C28H36F2N2O5. The summed E-state index contributed by atoms with van der Waals surface area (Å²) >= 11 is 0. The number of rotatable bonds is 8. The summed E-state index contributed by atoms with van der Waals surface area (Å²) in [5.41, 5.74) is -1.16. The number of benzene rings is 2. The van der Waals surface area contributed by atoms with Crippen molar-refractivity contribution in [2.45, 2.75) is 42.8 Å². The zero-order valence-electron chi connectivity index (χ0n) is 21.2. The summed E-state index contributed by atoms with van der Waals surface area (Å²) in [6, 6.07) is 13.1. The van der Waals surface area contributed by atoms with E-state index in [9.17, 15) is 23.8 Å². The molecule has 2 fully saturated rings. The molecule has 2 aromatic carbocycles. The van der Waals surface area contributed by atoms with Crippen LogP contribution in [0, 0.1) is 11.6 Å². The van der Waals surface area contributed by atoms with Crippen LogP contribution in [0.1, 0.15) is 37.2 Å². The van der Waals surface area contributed by atoms with Gasteiger partial charge >= 0.3 is 0 Å². The minimum Gasteiger partial charge on any atom is -0.490 e. The third-order valence-electron chi connectivity index (χ3n) is 7.36. The molecule has 7 nitrogen and oxygen atoms in total. The van der Waals surface area contributed by atoms with Gasteiger partial charge in [0, 0.05) is 51.5 Å². The molecule has 4 rings (SSSR count). The van der Waals surface area contributed by atoms with Crippen LogP contribution in [0.2, 0.25) is 0 Å². The lowest BCUT2D eigenvalue weighted by atomic mass is 9.76. The van der Waals surface area contributed by atoms with Crippen LogP contribution in [0.25, 0.3) is 0 Å². The van der Waals surface area contributed by atoms with Crippen molar-refractivity contribution in [1.82, 2.24) is 9.80 Å². The molecule has 0 bridgehead atoms. The molecule has 1 atom stereocenters. The van der Waals surface area contributed by atoms with E-state index in [0.717, 1.165) is 31.0 Å². The van der Waals surface area contributed by atoms with E-state index in [-0.39, 0.29) is 38.0 Å². The molecule has 2 N–H and O–H groups in total. The van der Waals surface area contributed by atoms with E-state index in [1.165, 1.54) is 17.6 Å². The van der Waals surface area contributed by atoms with Gasteiger partial charge in [0.05, 0.1) is 12.1 Å². The Kier molecular flexibility index (Phi) is 8.79. The molecule has 1 amide bonds. The molecule has 2 aromatic rings. The predicted octanol–water partition coefficient (Wildman–Crippen LogP) is 2.95. The van der Waals surface area contributed by atoms with Crippen LogP contribution in [0.15, 0.2) is 48.5 Å². The van der Waals surface area contributed by atoms with Gasteiger partial charge in [-0.2, -0.15) is 0 Å². The molecule has 37 heavy (non-hydrogen) atoms. The van der Waals surface area contributed by atoms with Gasteiger partial charge in [0.15, 0.2) is 0 Å². The second kappa shape index (κ2) is 11.9. The summed E-state index contributed by atoms with van der Waals surface area (Å²) in [6.45, 7) is 0.842. The Morgan fingerprint density at radius 3 is 2.32 bits per heavy atom. The monoisotopic (exact) mass is 518 g/mol. The van der Waals surface area contributed by atoms with Crippen molar-refractivity contribution in [2.24, 2.45) is 0 Å². The van der Waals surface area contributed by atoms with Crippen molar-refractivity contribution < 1.29 is 33.3 Å². The number of halogens is 2. The number of methoxy groups -OCH3 is 1. The van der Waals surface area contributed by atoms with Crippen LogP contribution in [-0.4, -0.2) is 90.2 Å². The fourth-order valence-electron chi connectivity index (χ4n) is 5.51. The van der Waals surface area contributed by atoms with E-state index in [4.69, 9.17) is 9.47 Å². The fourth-order valence-corrected chi connectivity index (χ4v) is 5.51. The summed E-state index contributed by atoms with van der Waals surface area (Å²) in [5, 5.41) is 23.0. The number of hydrogen-bond donors (Lipinski definition) is 2. The maximum atomic E-state index is 13.6. The highest BCUT2D eigenvalue weighted by molar-refractivity contribution is 5.77. The van der Waals surface area contributed by atoms with Crippen molar-refractivity contribution in [3.63, 3.8) is 0 Å². The fraction of sp³-hybridized carbons (Fsp3) is 0.536. The maximum Gasteiger partial charge on any atom is 0.248 e. The predicted molar refractivity (Wildman–Crippen MR) is 134 cm³/mol. The third kappa shape index (κ3) is 7.47. The first kappa shape index (κ1) is 27.4. The summed E-state index contributed by atoms with van der Waals surface area (Å²) in [7, 11) is 1.43. The summed E-state index contributed by atoms with van der Waals surface area (Å²) in [4.78, 5) is 16.1. The van der Waals surface area contributed by atoms with E-state index >= 15 is 0 Å². The van der Waals surface area contributed by atoms with Crippen molar-refractivity contribution in [2.75, 3.05) is 53.0 Å². The van der Waals surface area contributed by atoms with E-state index < -0.39 is 22.8 Å². The van der Waals surface area contributed by atoms with Gasteiger partial charge in [0.25, 0.3) is 0 Å². The van der Waals surface area contributed by atoms with E-state index in [1.54, 1.807) is 0 Å². The summed E-state index contributed by atoms with van der Waals surface area (Å²) in [6.07, 6.45) is 3.00. The Morgan fingerprint density at radius 1 is 1.00 bits per heavy atom. The van der Waals surface area contributed by atoms with Gasteiger partial charge in [0.2, 0.25) is 5.91 Å². The van der Waals surface area contributed by atoms with Crippen molar-refractivity contribution in [3.8, 4) is 5.75 Å². The molecule has 0 aromatic heterocycles. The molecule has 1 aliphatic heterocycles. The second-order valence-corrected chi connectivity index (χ2v) is 10.5. The smallest absolute Gasteiger partial charge is 0.248 e. The number of hydrogen-bond acceptors (Lipinski definition) is 6. The zero-order chi connectivity index (χ0) is 26.5. The van der Waals surface area contributed by atoms with Crippen LogP contribution < -0.4 is 4.74 Å². The molecule has 1 saturated heterocycles. The lowest BCUT2D eigenvalue weighted by molar-refractivity contribution is -0.138. The Bertz CT molecular complexity index is 1030. The minimum absolute atomic E-state index is 0.0298. The topological polar surface area (TPSA) is 82.5 Å². The van der Waals surface area contributed by atoms with Gasteiger partial charge in [-0.05, 0) is 37.2 Å². The van der Waals surface area contributed by atoms with Crippen LogP contribution in [0.4, 0.5) is 8.78 Å². The Hall–Kier alpha value is -2.59. The molecule has 1 saturated carbocycles. The molecule has 202 valence electrons. The highest BCUT2D eigenvalue weighted by atomic mass is 19.1. The Morgan fingerprint density at radius 2 is 1.68 bits per heavy atom. The number of nitrogens with zero attached hydrogens (tertiary/aromatic N) is 2. The summed E-state index contributed by atoms with van der Waals surface area (Å²) in [5.74, 6) is -1.48. The number of ether oxygens (including phenoxy) is 2. The molecule has 0 spiro atoms. The average Bonchev–Trinajstić information content (AvgIpc) is 3.02. The average molecular weight is 519 g/mol. The highest BCUT2D eigenvalue weighted by Crippen LogP contribution is 2.38. The quantitative estimate of drug-likeness (QED) is 0.559. The maximum absolute atomic E-state index is 13.6. The SMILES string of the molecule is COCC(=O)N1CCN(CC2(O)CCC(c3ccccc3)CC2)C[C@](O)(COc2cc(F)cc(F)c2)C1. The van der Waals surface area contributed by atoms with E-state index in [1.807, 2.05) is 23.1 Å². The van der Waals surface area contributed by atoms with Crippen molar-refractivity contribution >= 4 is 5.91 Å². The first-order chi connectivity index (χ1) is 17.7. The largest absolute Gasteiger partial charge is 0.490 e. The van der Waals surface area contributed by atoms with Crippen molar-refractivity contribution in [3.05, 3.63) is 65.7 Å². The number of carbonyl (C=O) groups is 1. The molecule has 1 heterocycles. The van der Waals surface area contributed by atoms with Gasteiger partial charge in [-0.25, -0.2) is 8.78 Å². The zero-order valence-corrected chi connectivity index (χ0v) is 21.2. The van der Waals surface area contributed by atoms with E-state index in [0.29, 0.717) is 38.4 Å². The first-order valence-electron chi connectivity index (χ1n) is 12.7. The van der Waals surface area contributed by atoms with Gasteiger partial charge in [-0.3, -0.25) is 9.69 Å². The third-order valence-corrected chi connectivity index (χ3v) is 7.36. The van der Waals surface area contributed by atoms with Crippen LogP contribution >= 0.6 is 0 Å². The second-order valence-electron chi connectivity index (χ2n) is 10.5. The highest BCUT2D eigenvalue weighted by Gasteiger charge is 2.41. The van der Waals surface area contributed by atoms with E-state index in [2.05, 4.69) is 12.1 Å². The number of carbonyl (C=O) groups excluding carboxylic acids is 1. The Balaban J connectivity index is 1.44. The summed E-state index contributed by atoms with van der Waals surface area (Å²) < 4.78 is 37.8. The van der Waals surface area contributed by atoms with Gasteiger partial charge < -0.3 is 24.6 Å². The lowest BCUT2D eigenvalue weighted by Crippen LogP contribution is -2.54. The van der Waals surface area contributed by atoms with Crippen LogP contribution in [0.3, 0.4) is 0 Å². The van der Waals surface area contributed by atoms with Gasteiger partial charge in [-0.15, -0.1) is 0 Å². The molecule has 9 heteroatoms. The number of aliphatic hydroxyl groups is 2. The number of amides is 1. The molecular weight excluding hydrogens is 482 g/mol. The Labute approximate surface area is 216 Å². The molecule has 0 radical (unpaired) electrons. The van der Waals surface area contributed by atoms with Gasteiger partial charge in [-0.1, -0.05) is 30.3 Å². The van der Waals surface area contributed by atoms with Crippen molar-refractivity contribution in [1.29, 1.82) is 0 Å². The standard InChI is InChI=1S/C28H36F2N2O5/c1-36-16-26(33)32-12-11-31(17-27(34)9-7-22(8-10-27)21-5-3-2-4-6-21)18-28(35,19-32)20-37-25-14-23(29)13-24(30)15-25/h2-6,13-15,22,34-35H,7-12,16-20H2,1H3/t22?,27?,28-/m1/s1. The normalized spacial score (nSPS) is 27.1. The molecule has 1 aliphatic carbocycles. The van der Waals surface area contributed by atoms with Gasteiger partial charge in [0.1, 0.15) is 36.2 Å². The number of β-amino-alcohol motifs (C(OH)–C–C–N with tert-alkyl or cyclic N) is 2. The first-order valence-corrected chi connectivity index (χ1v) is 12.7.